The predicted molar refractivity (Wildman–Crippen MR) is 73.1 cm³/mol. The molecule has 1 aromatic heterocycles. The second kappa shape index (κ2) is 6.38. The highest BCUT2D eigenvalue weighted by atomic mass is 32.2. The molecule has 0 fully saturated rings. The van der Waals surface area contributed by atoms with Crippen LogP contribution in [0, 0.1) is 5.92 Å². The van der Waals surface area contributed by atoms with Crippen molar-refractivity contribution in [1.82, 2.24) is 9.29 Å². The Labute approximate surface area is 118 Å². The number of hydrogen-bond donors (Lipinski definition) is 3. The molecule has 3 N–H and O–H groups in total. The van der Waals surface area contributed by atoms with E-state index >= 15 is 0 Å². The van der Waals surface area contributed by atoms with Gasteiger partial charge in [-0.15, -0.1) is 0 Å². The summed E-state index contributed by atoms with van der Waals surface area (Å²) in [5, 5.41) is 18.2. The minimum Gasteiger partial charge on any atom is -0.477 e. The SMILES string of the molecule is CCn1cc(S(=O)(=O)NC(CO)C(C)C)cc1C(=O)O. The van der Waals surface area contributed by atoms with Crippen molar-refractivity contribution >= 4 is 16.0 Å². The number of carboxylic acid groups (broad SMARTS) is 1. The smallest absolute Gasteiger partial charge is 0.352 e. The maximum atomic E-state index is 12.2. The Balaban J connectivity index is 3.13. The molecule has 7 nitrogen and oxygen atoms in total. The maximum absolute atomic E-state index is 12.2. The van der Waals surface area contributed by atoms with Crippen molar-refractivity contribution in [1.29, 1.82) is 0 Å². The summed E-state index contributed by atoms with van der Waals surface area (Å²) < 4.78 is 28.1. The van der Waals surface area contributed by atoms with Crippen LogP contribution in [0.1, 0.15) is 31.3 Å². The van der Waals surface area contributed by atoms with Crippen molar-refractivity contribution in [3.8, 4) is 0 Å². The molecule has 0 spiro atoms. The molecule has 1 rings (SSSR count). The summed E-state index contributed by atoms with van der Waals surface area (Å²) in [5.41, 5.74) is -0.0852. The van der Waals surface area contributed by atoms with E-state index in [1.807, 2.05) is 0 Å². The lowest BCUT2D eigenvalue weighted by Crippen LogP contribution is -2.40. The van der Waals surface area contributed by atoms with Gasteiger partial charge in [0.25, 0.3) is 0 Å². The van der Waals surface area contributed by atoms with Gasteiger partial charge < -0.3 is 14.8 Å². The highest BCUT2D eigenvalue weighted by molar-refractivity contribution is 7.89. The number of aliphatic hydroxyl groups excluding tert-OH is 1. The van der Waals surface area contributed by atoms with E-state index in [1.54, 1.807) is 20.8 Å². The van der Waals surface area contributed by atoms with E-state index in [0.29, 0.717) is 6.54 Å². The monoisotopic (exact) mass is 304 g/mol. The van der Waals surface area contributed by atoms with Crippen LogP contribution in [0.3, 0.4) is 0 Å². The van der Waals surface area contributed by atoms with Crippen LogP contribution in [-0.2, 0) is 16.6 Å². The van der Waals surface area contributed by atoms with E-state index in [4.69, 9.17) is 5.11 Å². The van der Waals surface area contributed by atoms with E-state index in [9.17, 15) is 18.3 Å². The van der Waals surface area contributed by atoms with E-state index in [0.717, 1.165) is 6.07 Å². The Morgan fingerprint density at radius 3 is 2.40 bits per heavy atom. The lowest BCUT2D eigenvalue weighted by atomic mass is 10.1. The average Bonchev–Trinajstić information content (AvgIpc) is 2.80. The number of aromatic nitrogens is 1. The maximum Gasteiger partial charge on any atom is 0.352 e. The summed E-state index contributed by atoms with van der Waals surface area (Å²) in [6.45, 7) is 5.31. The first kappa shape index (κ1) is 16.7. The number of aryl methyl sites for hydroxylation is 1. The second-order valence-electron chi connectivity index (χ2n) is 4.81. The molecular weight excluding hydrogens is 284 g/mol. The van der Waals surface area contributed by atoms with Crippen LogP contribution in [0.2, 0.25) is 0 Å². The molecule has 1 atom stereocenters. The molecule has 1 heterocycles. The van der Waals surface area contributed by atoms with Crippen LogP contribution in [-0.4, -0.2) is 41.8 Å². The van der Waals surface area contributed by atoms with Crippen molar-refractivity contribution < 1.29 is 23.4 Å². The second-order valence-corrected chi connectivity index (χ2v) is 6.52. The minimum absolute atomic E-state index is 0.0815. The normalized spacial score (nSPS) is 13.7. The van der Waals surface area contributed by atoms with Crippen molar-refractivity contribution in [2.75, 3.05) is 6.61 Å². The zero-order chi connectivity index (χ0) is 15.5. The molecule has 8 heteroatoms. The zero-order valence-corrected chi connectivity index (χ0v) is 12.5. The number of sulfonamides is 1. The van der Waals surface area contributed by atoms with Gasteiger partial charge in [-0.25, -0.2) is 17.9 Å². The highest BCUT2D eigenvalue weighted by Gasteiger charge is 2.25. The average molecular weight is 304 g/mol. The van der Waals surface area contributed by atoms with Crippen LogP contribution < -0.4 is 4.72 Å². The molecule has 0 saturated heterocycles. The Bertz CT molecular complexity index is 577. The van der Waals surface area contributed by atoms with Gasteiger partial charge in [0.1, 0.15) is 10.6 Å². The summed E-state index contributed by atoms with van der Waals surface area (Å²) in [7, 11) is -3.86. The quantitative estimate of drug-likeness (QED) is 0.680. The third-order valence-electron chi connectivity index (χ3n) is 3.05. The fraction of sp³-hybridized carbons (Fsp3) is 0.583. The van der Waals surface area contributed by atoms with Gasteiger partial charge in [-0.05, 0) is 18.9 Å². The van der Waals surface area contributed by atoms with Crippen LogP contribution in [0.15, 0.2) is 17.2 Å². The third kappa shape index (κ3) is 3.59. The predicted octanol–water partition coefficient (Wildman–Crippen LogP) is 0.501. The Hall–Kier alpha value is -1.38. The number of carbonyl (C=O) groups is 1. The molecular formula is C12H20N2O5S. The van der Waals surface area contributed by atoms with Crippen molar-refractivity contribution in [3.63, 3.8) is 0 Å². The summed E-state index contributed by atoms with van der Waals surface area (Å²) in [6, 6.07) is 0.501. The molecule has 114 valence electrons. The number of nitrogens with zero attached hydrogens (tertiary/aromatic N) is 1. The lowest BCUT2D eigenvalue weighted by Gasteiger charge is -2.19. The van der Waals surface area contributed by atoms with Gasteiger partial charge in [-0.1, -0.05) is 13.8 Å². The van der Waals surface area contributed by atoms with Gasteiger partial charge in [0.15, 0.2) is 0 Å². The summed E-state index contributed by atoms with van der Waals surface area (Å²) in [5.74, 6) is -1.27. The van der Waals surface area contributed by atoms with Crippen LogP contribution >= 0.6 is 0 Å². The molecule has 0 aliphatic rings. The molecule has 0 amide bonds. The molecule has 0 bridgehead atoms. The molecule has 0 aromatic carbocycles. The summed E-state index contributed by atoms with van der Waals surface area (Å²) >= 11 is 0. The zero-order valence-electron chi connectivity index (χ0n) is 11.7. The number of rotatable bonds is 7. The molecule has 0 aliphatic heterocycles. The molecule has 0 aliphatic carbocycles. The minimum atomic E-state index is -3.86. The van der Waals surface area contributed by atoms with E-state index in [2.05, 4.69) is 4.72 Å². The first-order valence-electron chi connectivity index (χ1n) is 6.29. The number of hydrogen-bond acceptors (Lipinski definition) is 4. The standard InChI is InChI=1S/C12H20N2O5S/c1-4-14-6-9(5-11(14)12(16)17)20(18,19)13-10(7-15)8(2)3/h5-6,8,10,13,15H,4,7H2,1-3H3,(H,16,17). The van der Waals surface area contributed by atoms with Gasteiger partial charge in [0.05, 0.1) is 6.61 Å². The fourth-order valence-corrected chi connectivity index (χ4v) is 3.14. The van der Waals surface area contributed by atoms with E-state index in [-0.39, 0.29) is 23.1 Å². The number of nitrogens with one attached hydrogen (secondary N) is 1. The fourth-order valence-electron chi connectivity index (χ4n) is 1.72. The van der Waals surface area contributed by atoms with Gasteiger partial charge in [0, 0.05) is 18.8 Å². The molecule has 0 saturated carbocycles. The molecule has 0 radical (unpaired) electrons. The topological polar surface area (TPSA) is 109 Å². The summed E-state index contributed by atoms with van der Waals surface area (Å²) in [4.78, 5) is 10.9. The van der Waals surface area contributed by atoms with E-state index < -0.39 is 22.0 Å². The molecule has 1 aromatic rings. The number of aliphatic hydroxyl groups is 1. The first-order chi connectivity index (χ1) is 9.22. The van der Waals surface area contributed by atoms with Gasteiger partial charge in [-0.2, -0.15) is 0 Å². The van der Waals surface area contributed by atoms with Crippen LogP contribution in [0.4, 0.5) is 0 Å². The Morgan fingerprint density at radius 1 is 1.45 bits per heavy atom. The van der Waals surface area contributed by atoms with Crippen molar-refractivity contribution in [3.05, 3.63) is 18.0 Å². The van der Waals surface area contributed by atoms with Crippen molar-refractivity contribution in [2.24, 2.45) is 5.92 Å². The largest absolute Gasteiger partial charge is 0.477 e. The third-order valence-corrected chi connectivity index (χ3v) is 4.51. The van der Waals surface area contributed by atoms with E-state index in [1.165, 1.54) is 10.8 Å². The Morgan fingerprint density at radius 2 is 2.05 bits per heavy atom. The van der Waals surface area contributed by atoms with Crippen LogP contribution in [0.25, 0.3) is 0 Å². The number of aromatic carboxylic acids is 1. The van der Waals surface area contributed by atoms with Gasteiger partial charge in [-0.3, -0.25) is 0 Å². The summed E-state index contributed by atoms with van der Waals surface area (Å²) in [6.07, 6.45) is 1.28. The van der Waals surface area contributed by atoms with Crippen molar-refractivity contribution in [2.45, 2.75) is 38.3 Å². The number of carboxylic acids is 1. The first-order valence-corrected chi connectivity index (χ1v) is 7.77. The highest BCUT2D eigenvalue weighted by Crippen LogP contribution is 2.16. The van der Waals surface area contributed by atoms with Gasteiger partial charge >= 0.3 is 5.97 Å². The lowest BCUT2D eigenvalue weighted by molar-refractivity contribution is 0.0685. The van der Waals surface area contributed by atoms with Gasteiger partial charge in [0.2, 0.25) is 10.0 Å². The molecule has 1 unspecified atom stereocenters. The molecule has 20 heavy (non-hydrogen) atoms. The Kier molecular flexibility index (Phi) is 5.32. The van der Waals surface area contributed by atoms with Crippen LogP contribution in [0.5, 0.6) is 0 Å².